The normalized spacial score (nSPS) is 14.0. The van der Waals surface area contributed by atoms with Crippen molar-refractivity contribution in [1.82, 2.24) is 0 Å². The number of hydrogen-bond acceptors (Lipinski definition) is 3. The summed E-state index contributed by atoms with van der Waals surface area (Å²) in [6.07, 6.45) is 19.1. The number of carbonyl (C=O) groups is 1. The molecule has 0 N–H and O–H groups in total. The summed E-state index contributed by atoms with van der Waals surface area (Å²) in [7, 11) is 0. The first-order valence-electron chi connectivity index (χ1n) is 13.3. The molecule has 0 radical (unpaired) electrons. The summed E-state index contributed by atoms with van der Waals surface area (Å²) in [4.78, 5) is 12.2. The van der Waals surface area contributed by atoms with E-state index in [-0.39, 0.29) is 5.97 Å². The van der Waals surface area contributed by atoms with Crippen molar-refractivity contribution >= 4 is 17.7 Å². The highest BCUT2D eigenvalue weighted by molar-refractivity contribution is 8.00. The van der Waals surface area contributed by atoms with E-state index in [1.807, 2.05) is 17.8 Å². The van der Waals surface area contributed by atoms with Crippen LogP contribution in [0.3, 0.4) is 0 Å². The highest BCUT2D eigenvalue weighted by Gasteiger charge is 2.09. The molecule has 0 amide bonds. The van der Waals surface area contributed by atoms with Crippen LogP contribution in [0.1, 0.15) is 93.4 Å². The average Bonchev–Trinajstić information content (AvgIpc) is 2.79. The molecule has 0 spiro atoms. The molecule has 1 aromatic carbocycles. The number of rotatable bonds is 16. The van der Waals surface area contributed by atoms with Crippen molar-refractivity contribution in [2.75, 3.05) is 6.61 Å². The quantitative estimate of drug-likeness (QED) is 0.126. The predicted octanol–water partition coefficient (Wildman–Crippen LogP) is 10.2. The molecular weight excluding hydrogens is 460 g/mol. The third-order valence-corrected chi connectivity index (χ3v) is 7.05. The third-order valence-electron chi connectivity index (χ3n) is 5.90. The lowest BCUT2D eigenvalue weighted by atomic mass is 10.0. The zero-order chi connectivity index (χ0) is 26.8. The maximum atomic E-state index is 10.9. The van der Waals surface area contributed by atoms with E-state index >= 15 is 0 Å². The molecule has 1 rings (SSSR count). The van der Waals surface area contributed by atoms with Crippen molar-refractivity contribution in [3.8, 4) is 0 Å². The topological polar surface area (TPSA) is 26.3 Å². The molecule has 198 valence electrons. The van der Waals surface area contributed by atoms with E-state index in [0.717, 1.165) is 44.9 Å². The monoisotopic (exact) mass is 508 g/mol. The van der Waals surface area contributed by atoms with Crippen LogP contribution in [0.25, 0.3) is 0 Å². The highest BCUT2D eigenvalue weighted by Crippen LogP contribution is 2.30. The Morgan fingerprint density at radius 1 is 0.750 bits per heavy atom. The second kappa shape index (κ2) is 18.9. The lowest BCUT2D eigenvalue weighted by molar-refractivity contribution is -0.139. The number of thioether (sulfide) groups is 1. The van der Waals surface area contributed by atoms with Crippen molar-refractivity contribution in [1.29, 1.82) is 0 Å². The lowest BCUT2D eigenvalue weighted by Gasteiger charge is -2.15. The van der Waals surface area contributed by atoms with Crippen molar-refractivity contribution in [2.24, 2.45) is 0 Å². The van der Waals surface area contributed by atoms with E-state index in [9.17, 15) is 4.79 Å². The first-order chi connectivity index (χ1) is 17.2. The highest BCUT2D eigenvalue weighted by atomic mass is 32.2. The predicted molar refractivity (Wildman–Crippen MR) is 159 cm³/mol. The third kappa shape index (κ3) is 17.2. The number of benzene rings is 1. The fourth-order valence-corrected chi connectivity index (χ4v) is 5.11. The maximum absolute atomic E-state index is 10.9. The summed E-state index contributed by atoms with van der Waals surface area (Å²) < 4.78 is 5.01. The van der Waals surface area contributed by atoms with Gasteiger partial charge in [-0.25, -0.2) is 0 Å². The van der Waals surface area contributed by atoms with Gasteiger partial charge in [-0.15, -0.1) is 11.8 Å². The van der Waals surface area contributed by atoms with Crippen LogP contribution in [-0.4, -0.2) is 17.8 Å². The Morgan fingerprint density at radius 3 is 1.92 bits per heavy atom. The van der Waals surface area contributed by atoms with Gasteiger partial charge in [-0.3, -0.25) is 4.79 Å². The van der Waals surface area contributed by atoms with Gasteiger partial charge in [-0.05, 0) is 105 Å². The Labute approximate surface area is 225 Å². The minimum atomic E-state index is -0.231. The molecule has 0 bridgehead atoms. The molecule has 3 heteroatoms. The molecule has 1 unspecified atom stereocenters. The summed E-state index contributed by atoms with van der Waals surface area (Å²) in [5.74, 6) is -0.231. The lowest BCUT2D eigenvalue weighted by Crippen LogP contribution is -2.01. The Kier molecular flexibility index (Phi) is 16.7. The molecule has 0 saturated carbocycles. The average molecular weight is 509 g/mol. The summed E-state index contributed by atoms with van der Waals surface area (Å²) in [6.45, 7) is 15.0. The number of esters is 1. The molecule has 0 aliphatic rings. The largest absolute Gasteiger partial charge is 0.462 e. The van der Waals surface area contributed by atoms with Crippen LogP contribution in [0.15, 0.2) is 93.5 Å². The number of hydrogen-bond donors (Lipinski definition) is 0. The second-order valence-corrected chi connectivity index (χ2v) is 11.4. The molecule has 36 heavy (non-hydrogen) atoms. The summed E-state index contributed by atoms with van der Waals surface area (Å²) >= 11 is 1.95. The summed E-state index contributed by atoms with van der Waals surface area (Å²) in [6, 6.07) is 10.7. The van der Waals surface area contributed by atoms with E-state index in [0.29, 0.717) is 11.9 Å². The molecule has 1 aromatic rings. The van der Waals surface area contributed by atoms with Crippen LogP contribution in [0.4, 0.5) is 0 Å². The summed E-state index contributed by atoms with van der Waals surface area (Å²) in [5, 5.41) is 0.423. The summed E-state index contributed by atoms with van der Waals surface area (Å²) in [5.41, 5.74) is 7.05. The maximum Gasteiger partial charge on any atom is 0.302 e. The first kappa shape index (κ1) is 31.8. The molecule has 0 aliphatic heterocycles. The Morgan fingerprint density at radius 2 is 1.31 bits per heavy atom. The zero-order valence-electron chi connectivity index (χ0n) is 23.7. The molecule has 0 saturated heterocycles. The minimum absolute atomic E-state index is 0.231. The van der Waals surface area contributed by atoms with Crippen LogP contribution in [0.5, 0.6) is 0 Å². The van der Waals surface area contributed by atoms with Gasteiger partial charge in [-0.2, -0.15) is 0 Å². The minimum Gasteiger partial charge on any atom is -0.462 e. The number of allylic oxidation sites excluding steroid dienone is 8. The van der Waals surface area contributed by atoms with E-state index in [1.165, 1.54) is 39.7 Å². The van der Waals surface area contributed by atoms with Crippen LogP contribution < -0.4 is 0 Å². The van der Waals surface area contributed by atoms with Gasteiger partial charge >= 0.3 is 5.97 Å². The van der Waals surface area contributed by atoms with Gasteiger partial charge in [0.2, 0.25) is 0 Å². The smallest absolute Gasteiger partial charge is 0.302 e. The van der Waals surface area contributed by atoms with Gasteiger partial charge in [-0.1, -0.05) is 70.4 Å². The van der Waals surface area contributed by atoms with Gasteiger partial charge in [0, 0.05) is 17.1 Å². The second-order valence-electron chi connectivity index (χ2n) is 10.0. The molecule has 0 heterocycles. The van der Waals surface area contributed by atoms with E-state index in [4.69, 9.17) is 4.74 Å². The van der Waals surface area contributed by atoms with Gasteiger partial charge < -0.3 is 4.74 Å². The Hall–Kier alpha value is -2.26. The van der Waals surface area contributed by atoms with Gasteiger partial charge in [0.15, 0.2) is 0 Å². The molecular formula is C33H48O2S. The molecule has 1 atom stereocenters. The van der Waals surface area contributed by atoms with E-state index in [2.05, 4.69) is 96.2 Å². The van der Waals surface area contributed by atoms with Gasteiger partial charge in [0.25, 0.3) is 0 Å². The van der Waals surface area contributed by atoms with Crippen LogP contribution in [0.2, 0.25) is 0 Å². The van der Waals surface area contributed by atoms with Crippen molar-refractivity contribution in [3.05, 3.63) is 88.6 Å². The number of carbonyl (C=O) groups excluding carboxylic acids is 1. The van der Waals surface area contributed by atoms with Crippen molar-refractivity contribution in [3.63, 3.8) is 0 Å². The fourth-order valence-electron chi connectivity index (χ4n) is 3.80. The van der Waals surface area contributed by atoms with Crippen LogP contribution >= 0.6 is 11.8 Å². The van der Waals surface area contributed by atoms with Crippen LogP contribution in [-0.2, 0) is 9.53 Å². The molecule has 0 fully saturated rings. The Balaban J connectivity index is 2.71. The number of ether oxygens (including phenoxy) is 1. The SMILES string of the molecule is CC(=O)OC/C=C(\C)CC/C=C(\C)CC(/C=C(\C)CC/C=C(\C)CCC=C(C)C)Sc1ccccc1. The van der Waals surface area contributed by atoms with Crippen LogP contribution in [0, 0.1) is 0 Å². The fraction of sp³-hybridized carbons (Fsp3) is 0.485. The first-order valence-corrected chi connectivity index (χ1v) is 14.2. The molecule has 2 nitrogen and oxygen atoms in total. The van der Waals surface area contributed by atoms with Gasteiger partial charge in [0.1, 0.15) is 6.61 Å². The van der Waals surface area contributed by atoms with E-state index in [1.54, 1.807) is 0 Å². The van der Waals surface area contributed by atoms with E-state index < -0.39 is 0 Å². The van der Waals surface area contributed by atoms with Crippen molar-refractivity contribution < 1.29 is 9.53 Å². The molecule has 0 aromatic heterocycles. The zero-order valence-corrected chi connectivity index (χ0v) is 24.5. The standard InChI is InChI=1S/C33H48O2S/c1-26(2)14-11-15-27(3)16-12-18-29(5)24-33(36-32-20-9-8-10-21-32)25-30(6)19-13-17-28(4)22-23-35-31(7)34/h8-10,14,16,19-22,24,33H,11-13,15,17-18,23,25H2,1-7H3/b27-16+,28-22+,29-24+,30-19+. The van der Waals surface area contributed by atoms with Crippen molar-refractivity contribution in [2.45, 2.75) is 104 Å². The van der Waals surface area contributed by atoms with Gasteiger partial charge in [0.05, 0.1) is 0 Å². The Bertz CT molecular complexity index is 928. The molecule has 0 aliphatic carbocycles.